The maximum Gasteiger partial charge on any atom is 0.166 e. The summed E-state index contributed by atoms with van der Waals surface area (Å²) in [6, 6.07) is 19.1. The third kappa shape index (κ3) is 5.11. The van der Waals surface area contributed by atoms with E-state index in [0.717, 1.165) is 16.9 Å². The van der Waals surface area contributed by atoms with Crippen LogP contribution in [0, 0.1) is 0 Å². The average molecular weight is 407 g/mol. The van der Waals surface area contributed by atoms with Crippen LogP contribution in [0.2, 0.25) is 15.2 Å². The smallest absolute Gasteiger partial charge is 0.166 e. The topological polar surface area (TPSA) is 46.5 Å². The zero-order valence-electron chi connectivity index (χ0n) is 13.5. The number of hydrazone groups is 1. The summed E-state index contributed by atoms with van der Waals surface area (Å²) in [5.41, 5.74) is 4.75. The number of rotatable bonds is 6. The van der Waals surface area contributed by atoms with E-state index < -0.39 is 0 Å². The Bertz CT molecular complexity index is 900. The van der Waals surface area contributed by atoms with Gasteiger partial charge in [0.25, 0.3) is 0 Å². The lowest BCUT2D eigenvalue weighted by molar-refractivity contribution is 0.306. The van der Waals surface area contributed by atoms with Crippen LogP contribution in [-0.2, 0) is 6.61 Å². The first-order chi connectivity index (χ1) is 12.6. The summed E-state index contributed by atoms with van der Waals surface area (Å²) >= 11 is 17.7. The second-order valence-electron chi connectivity index (χ2n) is 5.30. The van der Waals surface area contributed by atoms with Crippen molar-refractivity contribution in [2.24, 2.45) is 5.10 Å². The molecule has 7 heteroatoms. The van der Waals surface area contributed by atoms with Crippen LogP contribution in [0.1, 0.15) is 11.1 Å². The molecule has 4 nitrogen and oxygen atoms in total. The lowest BCUT2D eigenvalue weighted by Gasteiger charge is -2.06. The molecule has 1 heterocycles. The van der Waals surface area contributed by atoms with E-state index in [1.165, 1.54) is 6.07 Å². The third-order valence-electron chi connectivity index (χ3n) is 3.40. The van der Waals surface area contributed by atoms with Crippen molar-refractivity contribution in [3.8, 4) is 5.75 Å². The molecule has 0 bridgehead atoms. The maximum absolute atomic E-state index is 6.03. The highest BCUT2D eigenvalue weighted by atomic mass is 35.5. The summed E-state index contributed by atoms with van der Waals surface area (Å²) in [6.07, 6.45) is 1.64. The Balaban J connectivity index is 1.57. The van der Waals surface area contributed by atoms with Gasteiger partial charge in [0.15, 0.2) is 5.82 Å². The molecule has 0 unspecified atom stereocenters. The Hall–Kier alpha value is -2.27. The highest BCUT2D eigenvalue weighted by molar-refractivity contribution is 6.42. The molecule has 26 heavy (non-hydrogen) atoms. The van der Waals surface area contributed by atoms with Crippen LogP contribution in [0.5, 0.6) is 5.75 Å². The van der Waals surface area contributed by atoms with E-state index in [1.807, 2.05) is 54.6 Å². The van der Waals surface area contributed by atoms with Crippen molar-refractivity contribution in [3.05, 3.63) is 87.0 Å². The quantitative estimate of drug-likeness (QED) is 0.307. The second-order valence-corrected chi connectivity index (χ2v) is 6.48. The number of ether oxygens (including phenoxy) is 1. The molecule has 3 aromatic rings. The van der Waals surface area contributed by atoms with Crippen LogP contribution in [0.15, 0.2) is 65.8 Å². The number of hydrogen-bond acceptors (Lipinski definition) is 4. The molecular weight excluding hydrogens is 393 g/mol. The number of nitrogens with one attached hydrogen (secondary N) is 1. The normalized spacial score (nSPS) is 10.9. The van der Waals surface area contributed by atoms with E-state index in [9.17, 15) is 0 Å². The van der Waals surface area contributed by atoms with Crippen molar-refractivity contribution in [3.63, 3.8) is 0 Å². The van der Waals surface area contributed by atoms with Gasteiger partial charge < -0.3 is 4.74 Å². The van der Waals surface area contributed by atoms with E-state index in [4.69, 9.17) is 39.5 Å². The lowest BCUT2D eigenvalue weighted by atomic mass is 10.2. The Labute approximate surface area is 166 Å². The summed E-state index contributed by atoms with van der Waals surface area (Å²) in [5, 5.41) is 4.89. The van der Waals surface area contributed by atoms with E-state index in [0.29, 0.717) is 17.4 Å². The van der Waals surface area contributed by atoms with Crippen molar-refractivity contribution in [1.29, 1.82) is 0 Å². The van der Waals surface area contributed by atoms with Crippen molar-refractivity contribution in [2.45, 2.75) is 6.61 Å². The molecule has 0 spiro atoms. The standard InChI is InChI=1S/C19H14Cl3N3O/c20-16-10-17(21)19(24-18(16)22)25-23-11-13-6-8-15(9-7-13)26-12-14-4-2-1-3-5-14/h1-11H,12H2,(H,24,25). The molecule has 1 N–H and O–H groups in total. The van der Waals surface area contributed by atoms with E-state index in [-0.39, 0.29) is 10.2 Å². The molecule has 0 aliphatic heterocycles. The molecule has 0 atom stereocenters. The van der Waals surface area contributed by atoms with Gasteiger partial charge >= 0.3 is 0 Å². The summed E-state index contributed by atoms with van der Waals surface area (Å²) in [6.45, 7) is 0.525. The minimum Gasteiger partial charge on any atom is -0.489 e. The zero-order valence-corrected chi connectivity index (χ0v) is 15.8. The Morgan fingerprint density at radius 2 is 1.69 bits per heavy atom. The number of nitrogens with zero attached hydrogens (tertiary/aromatic N) is 2. The van der Waals surface area contributed by atoms with E-state index in [1.54, 1.807) is 6.21 Å². The molecule has 0 fully saturated rings. The molecule has 0 radical (unpaired) electrons. The molecule has 0 saturated carbocycles. The summed E-state index contributed by atoms with van der Waals surface area (Å²) in [5.74, 6) is 1.12. The van der Waals surface area contributed by atoms with E-state index in [2.05, 4.69) is 15.5 Å². The zero-order chi connectivity index (χ0) is 18.4. The van der Waals surface area contributed by atoms with Gasteiger partial charge in [0, 0.05) is 0 Å². The van der Waals surface area contributed by atoms with Crippen molar-refractivity contribution in [2.75, 3.05) is 5.43 Å². The number of benzene rings is 2. The Kier molecular flexibility index (Phi) is 6.34. The van der Waals surface area contributed by atoms with Crippen molar-refractivity contribution in [1.82, 2.24) is 4.98 Å². The molecule has 3 rings (SSSR count). The minimum absolute atomic E-state index is 0.161. The predicted molar refractivity (Wildman–Crippen MR) is 108 cm³/mol. The van der Waals surface area contributed by atoms with Crippen molar-refractivity contribution < 1.29 is 4.74 Å². The molecule has 1 aromatic heterocycles. The SMILES string of the molecule is Clc1cc(Cl)c(NN=Cc2ccc(OCc3ccccc3)cc2)nc1Cl. The molecule has 132 valence electrons. The van der Waals surface area contributed by atoms with Gasteiger partial charge in [0.05, 0.1) is 16.3 Å². The summed E-state index contributed by atoms with van der Waals surface area (Å²) in [7, 11) is 0. The first-order valence-electron chi connectivity index (χ1n) is 7.69. The van der Waals surface area contributed by atoms with Crippen LogP contribution < -0.4 is 10.2 Å². The molecule has 0 amide bonds. The third-order valence-corrected chi connectivity index (χ3v) is 4.36. The number of hydrogen-bond donors (Lipinski definition) is 1. The average Bonchev–Trinajstić information content (AvgIpc) is 2.66. The van der Waals surface area contributed by atoms with Crippen LogP contribution in [0.25, 0.3) is 0 Å². The highest BCUT2D eigenvalue weighted by Crippen LogP contribution is 2.28. The van der Waals surface area contributed by atoms with Gasteiger partial charge in [-0.25, -0.2) is 4.98 Å². The fourth-order valence-corrected chi connectivity index (χ4v) is 2.62. The minimum atomic E-state index is 0.161. The number of halogens is 3. The van der Waals surface area contributed by atoms with E-state index >= 15 is 0 Å². The van der Waals surface area contributed by atoms with Crippen LogP contribution in [0.3, 0.4) is 0 Å². The maximum atomic E-state index is 6.03. The lowest BCUT2D eigenvalue weighted by Crippen LogP contribution is -1.96. The van der Waals surface area contributed by atoms with Crippen LogP contribution in [0.4, 0.5) is 5.82 Å². The number of aromatic nitrogens is 1. The van der Waals surface area contributed by atoms with Gasteiger partial charge in [-0.05, 0) is 41.5 Å². The molecular formula is C19H14Cl3N3O. The Morgan fingerprint density at radius 3 is 2.42 bits per heavy atom. The van der Waals surface area contributed by atoms with Crippen LogP contribution >= 0.6 is 34.8 Å². The van der Waals surface area contributed by atoms with Gasteiger partial charge in [-0.2, -0.15) is 5.10 Å². The number of pyridine rings is 1. The fraction of sp³-hybridized carbons (Fsp3) is 0.0526. The monoisotopic (exact) mass is 405 g/mol. The molecule has 0 saturated heterocycles. The molecule has 0 aliphatic rings. The Morgan fingerprint density at radius 1 is 0.962 bits per heavy atom. The highest BCUT2D eigenvalue weighted by Gasteiger charge is 2.06. The van der Waals surface area contributed by atoms with Gasteiger partial charge in [-0.15, -0.1) is 0 Å². The van der Waals surface area contributed by atoms with Gasteiger partial charge in [0.2, 0.25) is 0 Å². The second kappa shape index (κ2) is 8.90. The summed E-state index contributed by atoms with van der Waals surface area (Å²) < 4.78 is 5.75. The van der Waals surface area contributed by atoms with Gasteiger partial charge in [0.1, 0.15) is 17.5 Å². The van der Waals surface area contributed by atoms with Crippen molar-refractivity contribution >= 4 is 46.8 Å². The fourth-order valence-electron chi connectivity index (χ4n) is 2.08. The molecule has 0 aliphatic carbocycles. The van der Waals surface area contributed by atoms with Gasteiger partial charge in [-0.1, -0.05) is 65.1 Å². The number of anilines is 1. The largest absolute Gasteiger partial charge is 0.489 e. The first kappa shape index (κ1) is 18.5. The van der Waals surface area contributed by atoms with Crippen LogP contribution in [-0.4, -0.2) is 11.2 Å². The molecule has 2 aromatic carbocycles. The first-order valence-corrected chi connectivity index (χ1v) is 8.82. The summed E-state index contributed by atoms with van der Waals surface area (Å²) in [4.78, 5) is 4.03. The van der Waals surface area contributed by atoms with Gasteiger partial charge in [-0.3, -0.25) is 5.43 Å². The predicted octanol–water partition coefficient (Wildman–Crippen LogP) is 6.07.